The Morgan fingerprint density at radius 3 is 2.47 bits per heavy atom. The minimum Gasteiger partial charge on any atom is -0.460 e. The molecule has 0 fully saturated rings. The molecule has 1 rings (SSSR count). The first-order valence-corrected chi connectivity index (χ1v) is 5.92. The smallest absolute Gasteiger partial charge is 0.338 e. The summed E-state index contributed by atoms with van der Waals surface area (Å²) in [5.41, 5.74) is 6.17. The van der Waals surface area contributed by atoms with Crippen LogP contribution in [-0.2, 0) is 4.74 Å². The summed E-state index contributed by atoms with van der Waals surface area (Å²) in [5, 5.41) is 0. The molecule has 0 bridgehead atoms. The average molecular weight is 235 g/mol. The SMILES string of the molecule is CC(C)C[C@](C)(N)COC(=O)c1ccccc1. The normalized spacial score (nSPS) is 14.4. The van der Waals surface area contributed by atoms with Gasteiger partial charge in [0.25, 0.3) is 0 Å². The number of nitrogens with two attached hydrogens (primary N) is 1. The van der Waals surface area contributed by atoms with Crippen LogP contribution in [0.2, 0.25) is 0 Å². The van der Waals surface area contributed by atoms with Crippen LogP contribution in [-0.4, -0.2) is 18.1 Å². The highest BCUT2D eigenvalue weighted by Crippen LogP contribution is 2.14. The lowest BCUT2D eigenvalue weighted by atomic mass is 9.93. The molecule has 1 aromatic carbocycles. The van der Waals surface area contributed by atoms with Gasteiger partial charge in [0.15, 0.2) is 0 Å². The number of carbonyl (C=O) groups excluding carboxylic acids is 1. The Kier molecular flexibility index (Phi) is 4.70. The highest BCUT2D eigenvalue weighted by Gasteiger charge is 2.22. The third kappa shape index (κ3) is 5.00. The Morgan fingerprint density at radius 2 is 1.94 bits per heavy atom. The van der Waals surface area contributed by atoms with Crippen molar-refractivity contribution in [3.63, 3.8) is 0 Å². The van der Waals surface area contributed by atoms with Crippen LogP contribution in [0.3, 0.4) is 0 Å². The van der Waals surface area contributed by atoms with Crippen LogP contribution in [0.4, 0.5) is 0 Å². The molecule has 0 spiro atoms. The number of esters is 1. The second-order valence-electron chi connectivity index (χ2n) is 5.19. The Labute approximate surface area is 103 Å². The van der Waals surface area contributed by atoms with Crippen molar-refractivity contribution in [2.45, 2.75) is 32.7 Å². The van der Waals surface area contributed by atoms with E-state index in [0.717, 1.165) is 6.42 Å². The first-order chi connectivity index (χ1) is 7.91. The average Bonchev–Trinajstić information content (AvgIpc) is 2.25. The number of benzene rings is 1. The molecule has 0 heterocycles. The zero-order valence-electron chi connectivity index (χ0n) is 10.8. The molecule has 0 aliphatic rings. The van der Waals surface area contributed by atoms with E-state index in [9.17, 15) is 4.79 Å². The molecule has 94 valence electrons. The Balaban J connectivity index is 2.48. The van der Waals surface area contributed by atoms with Crippen molar-refractivity contribution in [1.29, 1.82) is 0 Å². The van der Waals surface area contributed by atoms with Gasteiger partial charge in [-0.3, -0.25) is 0 Å². The van der Waals surface area contributed by atoms with E-state index in [1.807, 2.05) is 25.1 Å². The van der Waals surface area contributed by atoms with Crippen LogP contribution in [0.1, 0.15) is 37.6 Å². The van der Waals surface area contributed by atoms with E-state index in [4.69, 9.17) is 10.5 Å². The van der Waals surface area contributed by atoms with Crippen LogP contribution in [0.5, 0.6) is 0 Å². The number of ether oxygens (including phenoxy) is 1. The lowest BCUT2D eigenvalue weighted by Crippen LogP contribution is -2.43. The summed E-state index contributed by atoms with van der Waals surface area (Å²) in [6.07, 6.45) is 0.828. The van der Waals surface area contributed by atoms with Crippen molar-refractivity contribution >= 4 is 5.97 Å². The number of carbonyl (C=O) groups is 1. The number of hydrogen-bond donors (Lipinski definition) is 1. The van der Waals surface area contributed by atoms with Gasteiger partial charge in [-0.1, -0.05) is 32.0 Å². The molecule has 3 nitrogen and oxygen atoms in total. The largest absolute Gasteiger partial charge is 0.460 e. The lowest BCUT2D eigenvalue weighted by Gasteiger charge is -2.26. The molecule has 0 amide bonds. The van der Waals surface area contributed by atoms with E-state index in [2.05, 4.69) is 13.8 Å². The summed E-state index contributed by atoms with van der Waals surface area (Å²) in [6.45, 7) is 6.36. The maximum Gasteiger partial charge on any atom is 0.338 e. The molecule has 1 aromatic rings. The monoisotopic (exact) mass is 235 g/mol. The van der Waals surface area contributed by atoms with Gasteiger partial charge in [-0.2, -0.15) is 0 Å². The molecule has 0 radical (unpaired) electrons. The van der Waals surface area contributed by atoms with Crippen LogP contribution >= 0.6 is 0 Å². The molecular weight excluding hydrogens is 214 g/mol. The molecule has 0 saturated carbocycles. The number of hydrogen-bond acceptors (Lipinski definition) is 3. The topological polar surface area (TPSA) is 52.3 Å². The zero-order valence-corrected chi connectivity index (χ0v) is 10.8. The summed E-state index contributed by atoms with van der Waals surface area (Å²) in [4.78, 5) is 11.7. The van der Waals surface area contributed by atoms with Gasteiger partial charge in [-0.25, -0.2) is 4.79 Å². The first-order valence-electron chi connectivity index (χ1n) is 5.92. The zero-order chi connectivity index (χ0) is 12.9. The molecule has 0 aliphatic carbocycles. The van der Waals surface area contributed by atoms with Gasteiger partial charge >= 0.3 is 5.97 Å². The van der Waals surface area contributed by atoms with Crippen molar-refractivity contribution in [2.75, 3.05) is 6.61 Å². The second-order valence-corrected chi connectivity index (χ2v) is 5.19. The predicted octanol–water partition coefficient (Wildman–Crippen LogP) is 2.61. The lowest BCUT2D eigenvalue weighted by molar-refractivity contribution is 0.0401. The van der Waals surface area contributed by atoms with Crippen LogP contribution in [0.25, 0.3) is 0 Å². The summed E-state index contributed by atoms with van der Waals surface area (Å²) in [7, 11) is 0. The Hall–Kier alpha value is -1.35. The predicted molar refractivity (Wildman–Crippen MR) is 68.8 cm³/mol. The quantitative estimate of drug-likeness (QED) is 0.798. The Morgan fingerprint density at radius 1 is 1.35 bits per heavy atom. The van der Waals surface area contributed by atoms with E-state index in [1.165, 1.54) is 0 Å². The van der Waals surface area contributed by atoms with E-state index in [-0.39, 0.29) is 12.6 Å². The van der Waals surface area contributed by atoms with E-state index >= 15 is 0 Å². The molecule has 0 unspecified atom stereocenters. The van der Waals surface area contributed by atoms with Gasteiger partial charge in [0.05, 0.1) is 5.56 Å². The van der Waals surface area contributed by atoms with E-state index < -0.39 is 5.54 Å². The third-order valence-electron chi connectivity index (χ3n) is 2.42. The summed E-state index contributed by atoms with van der Waals surface area (Å²) < 4.78 is 5.23. The van der Waals surface area contributed by atoms with E-state index in [0.29, 0.717) is 11.5 Å². The summed E-state index contributed by atoms with van der Waals surface area (Å²) >= 11 is 0. The molecule has 3 heteroatoms. The fourth-order valence-corrected chi connectivity index (χ4v) is 1.88. The fourth-order valence-electron chi connectivity index (χ4n) is 1.88. The minimum atomic E-state index is -0.460. The molecule has 0 aromatic heterocycles. The molecule has 1 atom stereocenters. The second kappa shape index (κ2) is 5.82. The van der Waals surface area contributed by atoms with Crippen molar-refractivity contribution in [3.05, 3.63) is 35.9 Å². The third-order valence-corrected chi connectivity index (χ3v) is 2.42. The van der Waals surface area contributed by atoms with Gasteiger partial charge in [0, 0.05) is 5.54 Å². The van der Waals surface area contributed by atoms with Crippen molar-refractivity contribution in [1.82, 2.24) is 0 Å². The maximum atomic E-state index is 11.7. The van der Waals surface area contributed by atoms with Crippen molar-refractivity contribution in [2.24, 2.45) is 11.7 Å². The first kappa shape index (κ1) is 13.7. The molecule has 0 saturated heterocycles. The van der Waals surface area contributed by atoms with Crippen LogP contribution in [0.15, 0.2) is 30.3 Å². The Bertz CT molecular complexity index is 358. The summed E-state index contributed by atoms with van der Waals surface area (Å²) in [5.74, 6) is 0.173. The van der Waals surface area contributed by atoms with Gasteiger partial charge in [-0.05, 0) is 31.4 Å². The summed E-state index contributed by atoms with van der Waals surface area (Å²) in [6, 6.07) is 8.96. The molecule has 17 heavy (non-hydrogen) atoms. The highest BCUT2D eigenvalue weighted by molar-refractivity contribution is 5.89. The fraction of sp³-hybridized carbons (Fsp3) is 0.500. The molecular formula is C14H21NO2. The van der Waals surface area contributed by atoms with Crippen molar-refractivity contribution in [3.8, 4) is 0 Å². The highest BCUT2D eigenvalue weighted by atomic mass is 16.5. The van der Waals surface area contributed by atoms with E-state index in [1.54, 1.807) is 12.1 Å². The minimum absolute atomic E-state index is 0.249. The van der Waals surface area contributed by atoms with Crippen LogP contribution < -0.4 is 5.73 Å². The number of rotatable bonds is 5. The van der Waals surface area contributed by atoms with Crippen LogP contribution in [0, 0.1) is 5.92 Å². The standard InChI is InChI=1S/C14H21NO2/c1-11(2)9-14(3,15)10-17-13(16)12-7-5-4-6-8-12/h4-8,11H,9-10,15H2,1-3H3/t14-/m0/s1. The van der Waals surface area contributed by atoms with Gasteiger partial charge in [0.2, 0.25) is 0 Å². The van der Waals surface area contributed by atoms with Crippen molar-refractivity contribution < 1.29 is 9.53 Å². The molecule has 2 N–H and O–H groups in total. The molecule has 0 aliphatic heterocycles. The van der Waals surface area contributed by atoms with Gasteiger partial charge < -0.3 is 10.5 Å². The van der Waals surface area contributed by atoms with Gasteiger partial charge in [0.1, 0.15) is 6.61 Å². The van der Waals surface area contributed by atoms with Gasteiger partial charge in [-0.15, -0.1) is 0 Å². The maximum absolute atomic E-state index is 11.7.